The first-order valence-electron chi connectivity index (χ1n) is 8.48. The van der Waals surface area contributed by atoms with Gasteiger partial charge in [-0.05, 0) is 32.2 Å². The highest BCUT2D eigenvalue weighted by molar-refractivity contribution is 5.54. The van der Waals surface area contributed by atoms with Gasteiger partial charge in [-0.2, -0.15) is 8.78 Å². The van der Waals surface area contributed by atoms with Gasteiger partial charge < -0.3 is 14.2 Å². The highest BCUT2D eigenvalue weighted by Gasteiger charge is 2.22. The summed E-state index contributed by atoms with van der Waals surface area (Å²) in [5.74, 6) is 0.365. The molecule has 0 N–H and O–H groups in total. The summed E-state index contributed by atoms with van der Waals surface area (Å²) in [5.41, 5.74) is 1.13. The van der Waals surface area contributed by atoms with Crippen molar-refractivity contribution in [1.82, 2.24) is 4.90 Å². The van der Waals surface area contributed by atoms with E-state index in [0.29, 0.717) is 18.7 Å². The van der Waals surface area contributed by atoms with Crippen LogP contribution in [0, 0.1) is 17.0 Å². The Kier molecular flexibility index (Phi) is 7.51. The largest absolute Gasteiger partial charge is 0.493 e. The number of rotatable bonds is 10. The zero-order valence-electron chi connectivity index (χ0n) is 15.9. The molecular weight excluding hydrogens is 374 g/mol. The minimum Gasteiger partial charge on any atom is -0.493 e. The summed E-state index contributed by atoms with van der Waals surface area (Å²) < 4.78 is 40.0. The van der Waals surface area contributed by atoms with Gasteiger partial charge in [-0.1, -0.05) is 17.7 Å². The summed E-state index contributed by atoms with van der Waals surface area (Å²) in [6, 6.07) is 9.92. The van der Waals surface area contributed by atoms with Crippen molar-refractivity contribution in [2.45, 2.75) is 20.1 Å². The zero-order valence-corrected chi connectivity index (χ0v) is 15.9. The number of nitro benzene ring substituents is 1. The molecule has 0 saturated carbocycles. The quantitative estimate of drug-likeness (QED) is 0.446. The Bertz CT molecular complexity index is 800. The van der Waals surface area contributed by atoms with Crippen LogP contribution in [0.4, 0.5) is 14.5 Å². The molecule has 0 aromatic heterocycles. The number of nitrogens with zero attached hydrogens (tertiary/aromatic N) is 2. The first-order chi connectivity index (χ1) is 13.3. The average molecular weight is 396 g/mol. The number of ether oxygens (including phenoxy) is 3. The highest BCUT2D eigenvalue weighted by Crippen LogP contribution is 2.36. The third kappa shape index (κ3) is 6.05. The SMILES string of the molecule is COc1cc(CN(C)CCOc2ccc(C)cc2)c([N+](=O)[O-])cc1OC(F)F. The molecule has 2 aromatic carbocycles. The van der Waals surface area contributed by atoms with E-state index in [1.807, 2.05) is 36.1 Å². The van der Waals surface area contributed by atoms with Crippen LogP contribution in [0.5, 0.6) is 17.2 Å². The van der Waals surface area contributed by atoms with Gasteiger partial charge in [-0.15, -0.1) is 0 Å². The van der Waals surface area contributed by atoms with E-state index in [9.17, 15) is 18.9 Å². The molecule has 2 rings (SSSR count). The van der Waals surface area contributed by atoms with Crippen LogP contribution in [0.2, 0.25) is 0 Å². The fourth-order valence-electron chi connectivity index (χ4n) is 2.56. The number of hydrogen-bond acceptors (Lipinski definition) is 6. The van der Waals surface area contributed by atoms with Crippen LogP contribution in [-0.2, 0) is 6.54 Å². The molecule has 0 aliphatic rings. The minimum atomic E-state index is -3.11. The van der Waals surface area contributed by atoms with Crippen molar-refractivity contribution in [3.05, 3.63) is 57.6 Å². The van der Waals surface area contributed by atoms with Crippen LogP contribution in [0.15, 0.2) is 36.4 Å². The van der Waals surface area contributed by atoms with Gasteiger partial charge in [0.15, 0.2) is 11.5 Å². The summed E-state index contributed by atoms with van der Waals surface area (Å²) in [7, 11) is 3.06. The van der Waals surface area contributed by atoms with Gasteiger partial charge in [0.05, 0.1) is 18.1 Å². The maximum Gasteiger partial charge on any atom is 0.387 e. The Morgan fingerprint density at radius 3 is 2.43 bits per heavy atom. The Balaban J connectivity index is 2.06. The Morgan fingerprint density at radius 2 is 1.86 bits per heavy atom. The Labute approximate surface area is 161 Å². The van der Waals surface area contributed by atoms with Crippen LogP contribution in [-0.4, -0.2) is 43.7 Å². The van der Waals surface area contributed by atoms with Crippen molar-refractivity contribution in [2.75, 3.05) is 27.3 Å². The van der Waals surface area contributed by atoms with Crippen LogP contribution in [0.1, 0.15) is 11.1 Å². The van der Waals surface area contributed by atoms with Crippen molar-refractivity contribution in [3.63, 3.8) is 0 Å². The second kappa shape index (κ2) is 9.84. The van der Waals surface area contributed by atoms with E-state index in [1.165, 1.54) is 13.2 Å². The molecule has 0 aliphatic carbocycles. The number of halogens is 2. The lowest BCUT2D eigenvalue weighted by atomic mass is 10.1. The zero-order chi connectivity index (χ0) is 20.7. The molecule has 7 nitrogen and oxygen atoms in total. The van der Waals surface area contributed by atoms with E-state index in [4.69, 9.17) is 9.47 Å². The molecule has 0 spiro atoms. The number of hydrogen-bond donors (Lipinski definition) is 0. The lowest BCUT2D eigenvalue weighted by molar-refractivity contribution is -0.385. The molecule has 9 heteroatoms. The van der Waals surface area contributed by atoms with Crippen LogP contribution in [0.3, 0.4) is 0 Å². The van der Waals surface area contributed by atoms with Crippen molar-refractivity contribution < 1.29 is 27.9 Å². The van der Waals surface area contributed by atoms with Crippen LogP contribution < -0.4 is 14.2 Å². The summed E-state index contributed by atoms with van der Waals surface area (Å²) in [4.78, 5) is 12.5. The van der Waals surface area contributed by atoms with Crippen molar-refractivity contribution >= 4 is 5.69 Å². The third-order valence-electron chi connectivity index (χ3n) is 3.98. The molecule has 0 bridgehead atoms. The smallest absolute Gasteiger partial charge is 0.387 e. The monoisotopic (exact) mass is 396 g/mol. The summed E-state index contributed by atoms with van der Waals surface area (Å²) in [6.45, 7) is -0.0319. The number of methoxy groups -OCH3 is 1. The van der Waals surface area contributed by atoms with Crippen molar-refractivity contribution in [3.8, 4) is 17.2 Å². The summed E-state index contributed by atoms with van der Waals surface area (Å²) >= 11 is 0. The lowest BCUT2D eigenvalue weighted by Crippen LogP contribution is -2.24. The Hall–Kier alpha value is -2.94. The van der Waals surface area contributed by atoms with Gasteiger partial charge >= 0.3 is 6.61 Å². The van der Waals surface area contributed by atoms with E-state index in [0.717, 1.165) is 17.4 Å². The Morgan fingerprint density at radius 1 is 1.18 bits per heavy atom. The normalized spacial score (nSPS) is 11.0. The molecule has 0 heterocycles. The third-order valence-corrected chi connectivity index (χ3v) is 3.98. The fourth-order valence-corrected chi connectivity index (χ4v) is 2.56. The fraction of sp³-hybridized carbons (Fsp3) is 0.368. The molecular formula is C19H22F2N2O5. The van der Waals surface area contributed by atoms with Crippen molar-refractivity contribution in [2.24, 2.45) is 0 Å². The maximum absolute atomic E-state index is 12.5. The van der Waals surface area contributed by atoms with Gasteiger partial charge in [0.1, 0.15) is 12.4 Å². The minimum absolute atomic E-state index is 0.00482. The van der Waals surface area contributed by atoms with Gasteiger partial charge in [-0.25, -0.2) is 0 Å². The lowest BCUT2D eigenvalue weighted by Gasteiger charge is -2.18. The number of nitro groups is 1. The van der Waals surface area contributed by atoms with Gasteiger partial charge in [-0.3, -0.25) is 15.0 Å². The topological polar surface area (TPSA) is 74.1 Å². The molecule has 152 valence electrons. The van der Waals surface area contributed by atoms with Gasteiger partial charge in [0.2, 0.25) is 0 Å². The second-order valence-corrected chi connectivity index (χ2v) is 6.17. The number of benzene rings is 2. The van der Waals surface area contributed by atoms with E-state index in [-0.39, 0.29) is 23.7 Å². The number of alkyl halides is 2. The molecule has 2 aromatic rings. The van der Waals surface area contributed by atoms with E-state index in [1.54, 1.807) is 7.05 Å². The molecule has 28 heavy (non-hydrogen) atoms. The van der Waals surface area contributed by atoms with Gasteiger partial charge in [0, 0.05) is 18.7 Å². The standard InChI is InChI=1S/C19H22F2N2O5/c1-13-4-6-15(7-5-13)27-9-8-22(2)12-14-10-17(26-3)18(28-19(20)21)11-16(14)23(24)25/h4-7,10-11,19H,8-9,12H2,1-3H3. The highest BCUT2D eigenvalue weighted by atomic mass is 19.3. The molecule has 0 unspecified atom stereocenters. The van der Waals surface area contributed by atoms with E-state index >= 15 is 0 Å². The first-order valence-corrected chi connectivity index (χ1v) is 8.48. The van der Waals surface area contributed by atoms with Crippen LogP contribution >= 0.6 is 0 Å². The van der Waals surface area contributed by atoms with Gasteiger partial charge in [0.25, 0.3) is 5.69 Å². The number of likely N-dealkylation sites (N-methyl/N-ethyl adjacent to an activating group) is 1. The maximum atomic E-state index is 12.5. The molecule has 0 fully saturated rings. The molecule has 0 radical (unpaired) electrons. The molecule has 0 saturated heterocycles. The van der Waals surface area contributed by atoms with E-state index < -0.39 is 11.5 Å². The predicted molar refractivity (Wildman–Crippen MR) is 99.3 cm³/mol. The first kappa shape index (κ1) is 21.4. The van der Waals surface area contributed by atoms with E-state index in [2.05, 4.69) is 4.74 Å². The summed E-state index contributed by atoms with van der Waals surface area (Å²) in [6.07, 6.45) is 0. The van der Waals surface area contributed by atoms with Crippen molar-refractivity contribution in [1.29, 1.82) is 0 Å². The molecule has 0 amide bonds. The predicted octanol–water partition coefficient (Wildman–Crippen LogP) is 4.02. The summed E-state index contributed by atoms with van der Waals surface area (Å²) in [5, 5.41) is 11.3. The van der Waals surface area contributed by atoms with Crippen LogP contribution in [0.25, 0.3) is 0 Å². The second-order valence-electron chi connectivity index (χ2n) is 6.17. The average Bonchev–Trinajstić information content (AvgIpc) is 2.63. The molecule has 0 aliphatic heterocycles. The number of aryl methyl sites for hydroxylation is 1. The molecule has 0 atom stereocenters.